The second-order valence-electron chi connectivity index (χ2n) is 4.58. The van der Waals surface area contributed by atoms with Crippen molar-refractivity contribution in [2.24, 2.45) is 20.5 Å². The van der Waals surface area contributed by atoms with Crippen molar-refractivity contribution < 1.29 is 0 Å². The molecular weight excluding hydrogens is 208 g/mol. The zero-order valence-electron chi connectivity index (χ0n) is 8.89. The molecule has 1 saturated heterocycles. The zero-order chi connectivity index (χ0) is 10.3. The fourth-order valence-electron chi connectivity index (χ4n) is 2.67. The van der Waals surface area contributed by atoms with Crippen molar-refractivity contribution in [2.45, 2.75) is 37.1 Å². The molecule has 4 nitrogen and oxygen atoms in total. The molecule has 5 heteroatoms. The molecule has 0 aliphatic carbocycles. The highest BCUT2D eigenvalue weighted by Crippen LogP contribution is 2.37. The van der Waals surface area contributed by atoms with Crippen molar-refractivity contribution in [3.05, 3.63) is 0 Å². The Labute approximate surface area is 94.2 Å². The molecule has 3 heterocycles. The molecule has 3 rings (SSSR count). The van der Waals surface area contributed by atoms with Gasteiger partial charge in [-0.2, -0.15) is 5.11 Å². The lowest BCUT2D eigenvalue weighted by atomic mass is 9.93. The molecule has 4 unspecified atom stereocenters. The van der Waals surface area contributed by atoms with E-state index in [-0.39, 0.29) is 0 Å². The summed E-state index contributed by atoms with van der Waals surface area (Å²) in [6, 6.07) is 0.803. The third kappa shape index (κ3) is 1.72. The Hall–Kier alpha value is -0.420. The van der Waals surface area contributed by atoms with Gasteiger partial charge in [-0.05, 0) is 19.8 Å². The molecule has 0 aromatic heterocycles. The SMILES string of the molecule is CC1N=NSC1C1CC2CNCCC2=N1. The van der Waals surface area contributed by atoms with Crippen LogP contribution in [0.25, 0.3) is 0 Å². The van der Waals surface area contributed by atoms with Crippen LogP contribution in [0.4, 0.5) is 0 Å². The highest BCUT2D eigenvalue weighted by atomic mass is 32.2. The van der Waals surface area contributed by atoms with E-state index >= 15 is 0 Å². The summed E-state index contributed by atoms with van der Waals surface area (Å²) in [4.78, 5) is 4.88. The fourth-order valence-corrected chi connectivity index (χ4v) is 3.53. The molecule has 3 aliphatic heterocycles. The molecule has 3 aliphatic rings. The summed E-state index contributed by atoms with van der Waals surface area (Å²) in [5, 5.41) is 8.12. The molecule has 0 aromatic carbocycles. The van der Waals surface area contributed by atoms with Gasteiger partial charge >= 0.3 is 0 Å². The van der Waals surface area contributed by atoms with E-state index in [9.17, 15) is 0 Å². The van der Waals surface area contributed by atoms with E-state index < -0.39 is 0 Å². The zero-order valence-corrected chi connectivity index (χ0v) is 9.70. The molecule has 0 spiro atoms. The van der Waals surface area contributed by atoms with Crippen LogP contribution >= 0.6 is 11.9 Å². The quantitative estimate of drug-likeness (QED) is 0.689. The third-order valence-electron chi connectivity index (χ3n) is 3.53. The summed E-state index contributed by atoms with van der Waals surface area (Å²) >= 11 is 1.62. The van der Waals surface area contributed by atoms with Crippen LogP contribution in [0.1, 0.15) is 19.8 Å². The summed E-state index contributed by atoms with van der Waals surface area (Å²) in [6.07, 6.45) is 2.34. The third-order valence-corrected chi connectivity index (χ3v) is 4.67. The second-order valence-corrected chi connectivity index (χ2v) is 5.50. The van der Waals surface area contributed by atoms with Crippen LogP contribution in [0.2, 0.25) is 0 Å². The molecule has 1 N–H and O–H groups in total. The molecule has 0 bridgehead atoms. The first-order valence-electron chi connectivity index (χ1n) is 5.68. The Kier molecular flexibility index (Phi) is 2.52. The second kappa shape index (κ2) is 3.87. The first kappa shape index (κ1) is 9.78. The molecular formula is C10H16N4S. The van der Waals surface area contributed by atoms with Crippen LogP contribution in [0.3, 0.4) is 0 Å². The molecule has 1 fully saturated rings. The van der Waals surface area contributed by atoms with Crippen LogP contribution in [0.5, 0.6) is 0 Å². The number of nitrogens with one attached hydrogen (secondary N) is 1. The molecule has 0 aromatic rings. The topological polar surface area (TPSA) is 49.1 Å². The van der Waals surface area contributed by atoms with Crippen LogP contribution in [-0.4, -0.2) is 36.1 Å². The van der Waals surface area contributed by atoms with Crippen molar-refractivity contribution >= 4 is 17.7 Å². The van der Waals surface area contributed by atoms with Crippen molar-refractivity contribution in [3.8, 4) is 0 Å². The van der Waals surface area contributed by atoms with Gasteiger partial charge in [-0.1, -0.05) is 0 Å². The van der Waals surface area contributed by atoms with Crippen LogP contribution in [0, 0.1) is 5.92 Å². The lowest BCUT2D eigenvalue weighted by molar-refractivity contribution is 0.485. The Morgan fingerprint density at radius 1 is 1.47 bits per heavy atom. The van der Waals surface area contributed by atoms with Crippen molar-refractivity contribution in [3.63, 3.8) is 0 Å². The summed E-state index contributed by atoms with van der Waals surface area (Å²) < 4.78 is 4.06. The minimum atomic E-state index is 0.345. The number of rotatable bonds is 1. The number of fused-ring (bicyclic) bond motifs is 1. The summed E-state index contributed by atoms with van der Waals surface area (Å²) in [5.41, 5.74) is 1.44. The molecule has 0 amide bonds. The van der Waals surface area contributed by atoms with Gasteiger partial charge in [0.1, 0.15) is 0 Å². The van der Waals surface area contributed by atoms with E-state index in [1.807, 2.05) is 0 Å². The van der Waals surface area contributed by atoms with Gasteiger partial charge in [-0.15, -0.1) is 4.52 Å². The largest absolute Gasteiger partial charge is 0.316 e. The van der Waals surface area contributed by atoms with Crippen molar-refractivity contribution in [1.82, 2.24) is 5.32 Å². The lowest BCUT2D eigenvalue weighted by Crippen LogP contribution is -2.35. The standard InChI is InChI=1S/C10H16N4S/c1-6-10(15-14-13-6)9-4-7-5-11-3-2-8(7)12-9/h6-7,9-11H,2-5H2,1H3. The van der Waals surface area contributed by atoms with Crippen molar-refractivity contribution in [2.75, 3.05) is 13.1 Å². The highest BCUT2D eigenvalue weighted by Gasteiger charge is 2.38. The van der Waals surface area contributed by atoms with Gasteiger partial charge in [0, 0.05) is 36.7 Å². The number of hydrogen-bond acceptors (Lipinski definition) is 5. The first-order valence-corrected chi connectivity index (χ1v) is 6.51. The van der Waals surface area contributed by atoms with Crippen molar-refractivity contribution in [1.29, 1.82) is 0 Å². The summed E-state index contributed by atoms with van der Waals surface area (Å²) in [5.74, 6) is 0.692. The fraction of sp³-hybridized carbons (Fsp3) is 0.900. The first-order chi connectivity index (χ1) is 7.34. The average Bonchev–Trinajstić information content (AvgIpc) is 2.82. The number of hydrogen-bond donors (Lipinski definition) is 1. The van der Waals surface area contributed by atoms with Crippen LogP contribution in [-0.2, 0) is 0 Å². The number of piperidine rings is 1. The minimum absolute atomic E-state index is 0.345. The van der Waals surface area contributed by atoms with E-state index in [1.165, 1.54) is 12.1 Å². The molecule has 4 atom stereocenters. The average molecular weight is 224 g/mol. The van der Waals surface area contributed by atoms with Gasteiger partial charge in [-0.3, -0.25) is 4.99 Å². The van der Waals surface area contributed by atoms with Gasteiger partial charge in [0.15, 0.2) is 0 Å². The predicted molar refractivity (Wildman–Crippen MR) is 62.5 cm³/mol. The Morgan fingerprint density at radius 3 is 3.13 bits per heavy atom. The normalized spacial score (nSPS) is 44.2. The summed E-state index contributed by atoms with van der Waals surface area (Å²) in [7, 11) is 0. The van der Waals surface area contributed by atoms with E-state index in [2.05, 4.69) is 21.9 Å². The van der Waals surface area contributed by atoms with Gasteiger partial charge in [0.05, 0.1) is 17.3 Å². The summed E-state index contributed by atoms with van der Waals surface area (Å²) in [6.45, 7) is 4.37. The van der Waals surface area contributed by atoms with Crippen LogP contribution in [0.15, 0.2) is 14.6 Å². The number of nitrogens with zero attached hydrogens (tertiary/aromatic N) is 3. The predicted octanol–water partition coefficient (Wildman–Crippen LogP) is 1.68. The molecule has 0 radical (unpaired) electrons. The number of aliphatic imine (C=N–C) groups is 1. The van der Waals surface area contributed by atoms with Crippen LogP contribution < -0.4 is 5.32 Å². The molecule has 15 heavy (non-hydrogen) atoms. The Morgan fingerprint density at radius 2 is 2.40 bits per heavy atom. The van der Waals surface area contributed by atoms with Gasteiger partial charge < -0.3 is 5.32 Å². The van der Waals surface area contributed by atoms with Gasteiger partial charge in [0.2, 0.25) is 0 Å². The lowest BCUT2D eigenvalue weighted by Gasteiger charge is -2.20. The van der Waals surface area contributed by atoms with Gasteiger partial charge in [-0.25, -0.2) is 0 Å². The monoisotopic (exact) mass is 224 g/mol. The Balaban J connectivity index is 1.72. The Bertz CT molecular complexity index is 315. The molecule has 0 saturated carbocycles. The van der Waals surface area contributed by atoms with E-state index in [4.69, 9.17) is 4.99 Å². The van der Waals surface area contributed by atoms with E-state index in [0.29, 0.717) is 23.3 Å². The molecule has 82 valence electrons. The van der Waals surface area contributed by atoms with E-state index in [1.54, 1.807) is 11.9 Å². The maximum absolute atomic E-state index is 4.88. The highest BCUT2D eigenvalue weighted by molar-refractivity contribution is 7.98. The van der Waals surface area contributed by atoms with E-state index in [0.717, 1.165) is 19.5 Å². The van der Waals surface area contributed by atoms with Gasteiger partial charge in [0.25, 0.3) is 0 Å². The smallest absolute Gasteiger partial charge is 0.0848 e. The maximum atomic E-state index is 4.88. The maximum Gasteiger partial charge on any atom is 0.0848 e. The minimum Gasteiger partial charge on any atom is -0.316 e.